The van der Waals surface area contributed by atoms with Gasteiger partial charge in [0.05, 0.1) is 0 Å². The fourth-order valence-electron chi connectivity index (χ4n) is 4.06. The van der Waals surface area contributed by atoms with E-state index in [9.17, 15) is 24.0 Å². The van der Waals surface area contributed by atoms with Crippen molar-refractivity contribution < 1.29 is 24.0 Å². The monoisotopic (exact) mass is 399 g/mol. The summed E-state index contributed by atoms with van der Waals surface area (Å²) in [6, 6.07) is 5.92. The third kappa shape index (κ3) is 2.66. The molecule has 10 nitrogen and oxygen atoms in total. The summed E-state index contributed by atoms with van der Waals surface area (Å²) in [5.41, 5.74) is 1.62. The Hall–Kier alpha value is -3.43. The van der Waals surface area contributed by atoms with Gasteiger partial charge in [-0.05, 0) is 37.3 Å². The van der Waals surface area contributed by atoms with Crippen LogP contribution in [0.2, 0.25) is 0 Å². The second-order valence-corrected chi connectivity index (χ2v) is 7.68. The molecule has 10 heteroatoms. The van der Waals surface area contributed by atoms with Crippen LogP contribution in [0.15, 0.2) is 24.3 Å². The molecule has 1 aromatic carbocycles. The first-order chi connectivity index (χ1) is 13.7. The standard InChI is InChI=1S/C19H21N5O5/c1-3-18(2)14(26)24(17(29)20-18)22-13(25)10-23-15(27)19(21-16(23)28)9-8-11-6-4-5-7-12(11)19/h4-7H,3,8-10H2,1-2H3,(H,20,29)(H,21,28)(H,22,25)/t18-,19-/m1/s1. The van der Waals surface area contributed by atoms with Gasteiger partial charge in [-0.15, -0.1) is 0 Å². The first-order valence-electron chi connectivity index (χ1n) is 9.40. The third-order valence-corrected chi connectivity index (χ3v) is 5.93. The van der Waals surface area contributed by atoms with E-state index < -0.39 is 47.4 Å². The van der Waals surface area contributed by atoms with Crippen molar-refractivity contribution in [1.29, 1.82) is 0 Å². The van der Waals surface area contributed by atoms with Crippen molar-refractivity contribution in [2.24, 2.45) is 0 Å². The normalized spacial score (nSPS) is 28.1. The number of hydrazine groups is 1. The Labute approximate surface area is 166 Å². The lowest BCUT2D eigenvalue weighted by atomic mass is 9.92. The summed E-state index contributed by atoms with van der Waals surface area (Å²) in [5.74, 6) is -1.93. The number of benzene rings is 1. The van der Waals surface area contributed by atoms with Crippen molar-refractivity contribution in [3.8, 4) is 0 Å². The number of urea groups is 2. The van der Waals surface area contributed by atoms with Gasteiger partial charge in [-0.25, -0.2) is 9.59 Å². The zero-order valence-electron chi connectivity index (χ0n) is 16.1. The molecule has 3 aliphatic rings. The highest BCUT2D eigenvalue weighted by molar-refractivity contribution is 6.11. The molecule has 2 aliphatic heterocycles. The van der Waals surface area contributed by atoms with Crippen LogP contribution < -0.4 is 16.1 Å². The first-order valence-corrected chi connectivity index (χ1v) is 9.40. The molecular weight excluding hydrogens is 378 g/mol. The molecule has 2 atom stereocenters. The second kappa shape index (κ2) is 6.29. The predicted molar refractivity (Wildman–Crippen MR) is 98.9 cm³/mol. The highest BCUT2D eigenvalue weighted by Gasteiger charge is 2.56. The summed E-state index contributed by atoms with van der Waals surface area (Å²) in [7, 11) is 0. The molecule has 0 radical (unpaired) electrons. The molecule has 29 heavy (non-hydrogen) atoms. The van der Waals surface area contributed by atoms with Gasteiger partial charge in [0.1, 0.15) is 17.6 Å². The number of carbonyl (C=O) groups is 5. The molecule has 0 bridgehead atoms. The highest BCUT2D eigenvalue weighted by Crippen LogP contribution is 2.41. The van der Waals surface area contributed by atoms with Crippen LogP contribution >= 0.6 is 0 Å². The Balaban J connectivity index is 1.49. The minimum atomic E-state index is -1.17. The zero-order chi connectivity index (χ0) is 21.0. The van der Waals surface area contributed by atoms with Gasteiger partial charge in [0.15, 0.2) is 0 Å². The molecule has 4 rings (SSSR count). The van der Waals surface area contributed by atoms with Crippen LogP contribution in [0.4, 0.5) is 9.59 Å². The fraction of sp³-hybridized carbons (Fsp3) is 0.421. The number of fused-ring (bicyclic) bond motifs is 2. The summed E-state index contributed by atoms with van der Waals surface area (Å²) in [4.78, 5) is 63.2. The Morgan fingerprint density at radius 1 is 1.10 bits per heavy atom. The van der Waals surface area contributed by atoms with Crippen LogP contribution in [0.1, 0.15) is 37.8 Å². The minimum absolute atomic E-state index is 0.346. The van der Waals surface area contributed by atoms with E-state index in [2.05, 4.69) is 16.1 Å². The molecule has 2 saturated heterocycles. The van der Waals surface area contributed by atoms with Gasteiger partial charge in [0, 0.05) is 0 Å². The third-order valence-electron chi connectivity index (χ3n) is 5.93. The summed E-state index contributed by atoms with van der Waals surface area (Å²) in [6.07, 6.45) is 1.40. The average molecular weight is 399 g/mol. The largest absolute Gasteiger partial charge is 0.344 e. The van der Waals surface area contributed by atoms with Gasteiger partial charge in [0.25, 0.3) is 17.7 Å². The topological polar surface area (TPSA) is 128 Å². The van der Waals surface area contributed by atoms with Gasteiger partial charge < -0.3 is 10.6 Å². The maximum absolute atomic E-state index is 13.1. The van der Waals surface area contributed by atoms with Gasteiger partial charge in [-0.2, -0.15) is 5.01 Å². The second-order valence-electron chi connectivity index (χ2n) is 7.68. The number of aryl methyl sites for hydroxylation is 1. The molecule has 0 aromatic heterocycles. The lowest BCUT2D eigenvalue weighted by molar-refractivity contribution is -0.140. The van der Waals surface area contributed by atoms with Crippen molar-refractivity contribution in [2.75, 3.05) is 6.54 Å². The van der Waals surface area contributed by atoms with E-state index in [1.165, 1.54) is 0 Å². The van der Waals surface area contributed by atoms with Crippen LogP contribution in [-0.4, -0.2) is 51.8 Å². The number of nitrogens with zero attached hydrogens (tertiary/aromatic N) is 2. The van der Waals surface area contributed by atoms with Gasteiger partial charge >= 0.3 is 12.1 Å². The van der Waals surface area contributed by atoms with E-state index in [-0.39, 0.29) is 0 Å². The quantitative estimate of drug-likeness (QED) is 0.620. The molecule has 1 aliphatic carbocycles. The van der Waals surface area contributed by atoms with E-state index in [1.807, 2.05) is 12.1 Å². The number of imide groups is 2. The number of rotatable bonds is 4. The number of carbonyl (C=O) groups excluding carboxylic acids is 5. The van der Waals surface area contributed by atoms with E-state index in [0.717, 1.165) is 16.0 Å². The van der Waals surface area contributed by atoms with Crippen molar-refractivity contribution in [1.82, 2.24) is 26.0 Å². The van der Waals surface area contributed by atoms with Gasteiger partial charge in [-0.1, -0.05) is 31.2 Å². The summed E-state index contributed by atoms with van der Waals surface area (Å²) >= 11 is 0. The van der Waals surface area contributed by atoms with Gasteiger partial charge in [0.2, 0.25) is 0 Å². The van der Waals surface area contributed by atoms with E-state index in [4.69, 9.17) is 0 Å². The minimum Gasteiger partial charge on any atom is -0.322 e. The van der Waals surface area contributed by atoms with Crippen molar-refractivity contribution in [3.63, 3.8) is 0 Å². The Bertz CT molecular complexity index is 962. The SMILES string of the molecule is CC[C@@]1(C)NC(=O)N(NC(=O)CN2C(=O)N[C@@]3(CCc4ccccc43)C2=O)C1=O. The lowest BCUT2D eigenvalue weighted by Crippen LogP contribution is -2.52. The molecule has 2 heterocycles. The lowest BCUT2D eigenvalue weighted by Gasteiger charge is -2.22. The Morgan fingerprint density at radius 3 is 2.52 bits per heavy atom. The van der Waals surface area contributed by atoms with Crippen LogP contribution in [0.3, 0.4) is 0 Å². The van der Waals surface area contributed by atoms with Gasteiger partial charge in [-0.3, -0.25) is 24.7 Å². The van der Waals surface area contributed by atoms with E-state index in [0.29, 0.717) is 24.3 Å². The van der Waals surface area contributed by atoms with Crippen LogP contribution in [0.5, 0.6) is 0 Å². The molecule has 1 aromatic rings. The number of amides is 7. The summed E-state index contributed by atoms with van der Waals surface area (Å²) < 4.78 is 0. The smallest absolute Gasteiger partial charge is 0.322 e. The molecule has 7 amide bonds. The molecular formula is C19H21N5O5. The van der Waals surface area contributed by atoms with Crippen molar-refractivity contribution in [2.45, 2.75) is 44.2 Å². The highest BCUT2D eigenvalue weighted by atomic mass is 16.2. The van der Waals surface area contributed by atoms with Crippen LogP contribution in [0.25, 0.3) is 0 Å². The van der Waals surface area contributed by atoms with Crippen molar-refractivity contribution >= 4 is 29.8 Å². The number of hydrogen-bond acceptors (Lipinski definition) is 5. The molecule has 0 saturated carbocycles. The molecule has 0 unspecified atom stereocenters. The van der Waals surface area contributed by atoms with E-state index in [1.54, 1.807) is 26.0 Å². The maximum Gasteiger partial charge on any atom is 0.344 e. The first kappa shape index (κ1) is 18.9. The molecule has 1 spiro atoms. The number of nitrogens with one attached hydrogen (secondary N) is 3. The summed E-state index contributed by atoms with van der Waals surface area (Å²) in [6.45, 7) is 2.68. The van der Waals surface area contributed by atoms with Crippen molar-refractivity contribution in [3.05, 3.63) is 35.4 Å². The van der Waals surface area contributed by atoms with E-state index >= 15 is 0 Å². The maximum atomic E-state index is 13.1. The fourth-order valence-corrected chi connectivity index (χ4v) is 4.06. The van der Waals surface area contributed by atoms with Crippen LogP contribution in [-0.2, 0) is 26.3 Å². The summed E-state index contributed by atoms with van der Waals surface area (Å²) in [5, 5.41) is 5.82. The molecule has 3 N–H and O–H groups in total. The molecule has 152 valence electrons. The number of hydrogen-bond donors (Lipinski definition) is 3. The Morgan fingerprint density at radius 2 is 1.83 bits per heavy atom. The Kier molecular flexibility index (Phi) is 4.10. The zero-order valence-corrected chi connectivity index (χ0v) is 16.1. The molecule has 2 fully saturated rings. The van der Waals surface area contributed by atoms with Crippen LogP contribution in [0, 0.1) is 0 Å². The average Bonchev–Trinajstić information content (AvgIpc) is 3.26. The predicted octanol–water partition coefficient (Wildman–Crippen LogP) is 0.132.